The van der Waals surface area contributed by atoms with Crippen LogP contribution in [0.4, 0.5) is 5.69 Å². The van der Waals surface area contributed by atoms with Crippen LogP contribution in [0.15, 0.2) is 35.2 Å². The summed E-state index contributed by atoms with van der Waals surface area (Å²) in [7, 11) is 2.09. The minimum absolute atomic E-state index is 0.811. The van der Waals surface area contributed by atoms with Crippen LogP contribution < -0.4 is 5.73 Å². The molecule has 0 saturated heterocycles. The first-order valence-corrected chi connectivity index (χ1v) is 6.08. The van der Waals surface area contributed by atoms with E-state index in [0.717, 1.165) is 24.5 Å². The number of rotatable bonds is 4. The normalized spacial score (nSPS) is 10.9. The Morgan fingerprint density at radius 2 is 2.00 bits per heavy atom. The quantitative estimate of drug-likeness (QED) is 0.824. The second kappa shape index (κ2) is 5.09. The third-order valence-electron chi connectivity index (χ3n) is 2.35. The Kier molecular flexibility index (Phi) is 3.54. The molecular formula is C12H15N3S. The lowest BCUT2D eigenvalue weighted by Crippen LogP contribution is -2.17. The van der Waals surface area contributed by atoms with Gasteiger partial charge < -0.3 is 5.73 Å². The van der Waals surface area contributed by atoms with Crippen molar-refractivity contribution in [3.05, 3.63) is 46.4 Å². The summed E-state index contributed by atoms with van der Waals surface area (Å²) in [5, 5.41) is 2.08. The van der Waals surface area contributed by atoms with Crippen LogP contribution in [0.3, 0.4) is 0 Å². The van der Waals surface area contributed by atoms with Gasteiger partial charge in [-0.25, -0.2) is 4.98 Å². The van der Waals surface area contributed by atoms with Crippen LogP contribution in [-0.2, 0) is 13.1 Å². The standard InChI is InChI=1S/C12H15N3S/c1-15(7-12-8-16-9-14-12)6-10-2-4-11(13)5-3-10/h2-5,8-9H,6-7,13H2,1H3. The number of aromatic nitrogens is 1. The van der Waals surface area contributed by atoms with Crippen molar-refractivity contribution in [3.8, 4) is 0 Å². The highest BCUT2D eigenvalue weighted by Gasteiger charge is 2.02. The van der Waals surface area contributed by atoms with Crippen molar-refractivity contribution < 1.29 is 0 Å². The molecule has 0 bridgehead atoms. The molecule has 1 heterocycles. The first-order chi connectivity index (χ1) is 7.74. The van der Waals surface area contributed by atoms with E-state index in [0.29, 0.717) is 0 Å². The number of nitrogens with two attached hydrogens (primary N) is 1. The van der Waals surface area contributed by atoms with Gasteiger partial charge in [-0.05, 0) is 24.7 Å². The van der Waals surface area contributed by atoms with Crippen LogP contribution in [0, 0.1) is 0 Å². The summed E-state index contributed by atoms with van der Waals surface area (Å²) in [4.78, 5) is 6.51. The predicted molar refractivity (Wildman–Crippen MR) is 68.1 cm³/mol. The average Bonchev–Trinajstić information content (AvgIpc) is 2.74. The van der Waals surface area contributed by atoms with Gasteiger partial charge in [-0.15, -0.1) is 11.3 Å². The van der Waals surface area contributed by atoms with Gasteiger partial charge in [-0.1, -0.05) is 12.1 Å². The Morgan fingerprint density at radius 3 is 2.62 bits per heavy atom. The molecule has 0 aliphatic carbocycles. The van der Waals surface area contributed by atoms with Gasteiger partial charge in [0, 0.05) is 24.2 Å². The molecule has 16 heavy (non-hydrogen) atoms. The highest BCUT2D eigenvalue weighted by molar-refractivity contribution is 7.07. The third kappa shape index (κ3) is 3.05. The van der Waals surface area contributed by atoms with Crippen LogP contribution in [0.25, 0.3) is 0 Å². The Hall–Kier alpha value is -1.39. The SMILES string of the molecule is CN(Cc1ccc(N)cc1)Cc1cscn1. The van der Waals surface area contributed by atoms with Gasteiger partial charge in [0.15, 0.2) is 0 Å². The predicted octanol–water partition coefficient (Wildman–Crippen LogP) is 2.36. The topological polar surface area (TPSA) is 42.1 Å². The lowest BCUT2D eigenvalue weighted by molar-refractivity contribution is 0.316. The van der Waals surface area contributed by atoms with Crippen molar-refractivity contribution in [3.63, 3.8) is 0 Å². The molecule has 2 N–H and O–H groups in total. The maximum absolute atomic E-state index is 5.64. The first kappa shape index (κ1) is 11.1. The molecule has 0 radical (unpaired) electrons. The van der Waals surface area contributed by atoms with Crippen molar-refractivity contribution in [1.29, 1.82) is 0 Å². The summed E-state index contributed by atoms with van der Waals surface area (Å²) in [6.45, 7) is 1.80. The van der Waals surface area contributed by atoms with E-state index in [9.17, 15) is 0 Å². The molecule has 0 spiro atoms. The van der Waals surface area contributed by atoms with E-state index < -0.39 is 0 Å². The number of benzene rings is 1. The fraction of sp³-hybridized carbons (Fsp3) is 0.250. The molecule has 1 aromatic heterocycles. The highest BCUT2D eigenvalue weighted by atomic mass is 32.1. The van der Waals surface area contributed by atoms with Crippen molar-refractivity contribution >= 4 is 17.0 Å². The minimum atomic E-state index is 0.811. The van der Waals surface area contributed by atoms with Gasteiger partial charge >= 0.3 is 0 Å². The Balaban J connectivity index is 1.92. The van der Waals surface area contributed by atoms with Crippen LogP contribution in [0.1, 0.15) is 11.3 Å². The summed E-state index contributed by atoms with van der Waals surface area (Å²) < 4.78 is 0. The zero-order chi connectivity index (χ0) is 11.4. The van der Waals surface area contributed by atoms with E-state index in [1.807, 2.05) is 17.6 Å². The lowest BCUT2D eigenvalue weighted by Gasteiger charge is -2.15. The molecule has 0 aliphatic heterocycles. The van der Waals surface area contributed by atoms with Crippen LogP contribution in [-0.4, -0.2) is 16.9 Å². The average molecular weight is 233 g/mol. The molecule has 2 rings (SSSR count). The van der Waals surface area contributed by atoms with Gasteiger partial charge in [0.05, 0.1) is 11.2 Å². The number of hydrogen-bond donors (Lipinski definition) is 1. The summed E-state index contributed by atoms with van der Waals surface area (Å²) in [6, 6.07) is 8.00. The maximum atomic E-state index is 5.64. The summed E-state index contributed by atoms with van der Waals surface area (Å²) in [5.41, 5.74) is 10.7. The monoisotopic (exact) mass is 233 g/mol. The molecular weight excluding hydrogens is 218 g/mol. The van der Waals surface area contributed by atoms with Gasteiger partial charge in [0.25, 0.3) is 0 Å². The van der Waals surface area contributed by atoms with Gasteiger partial charge in [0.2, 0.25) is 0 Å². The summed E-state index contributed by atoms with van der Waals surface area (Å²) in [6.07, 6.45) is 0. The molecule has 84 valence electrons. The number of nitrogens with zero attached hydrogens (tertiary/aromatic N) is 2. The van der Waals surface area contributed by atoms with Crippen LogP contribution in [0.2, 0.25) is 0 Å². The third-order valence-corrected chi connectivity index (χ3v) is 2.98. The molecule has 0 atom stereocenters. The Bertz CT molecular complexity index is 422. The largest absolute Gasteiger partial charge is 0.399 e. The van der Waals surface area contributed by atoms with Crippen molar-refractivity contribution in [1.82, 2.24) is 9.88 Å². The molecule has 0 amide bonds. The van der Waals surface area contributed by atoms with E-state index in [2.05, 4.69) is 34.4 Å². The van der Waals surface area contributed by atoms with E-state index in [-0.39, 0.29) is 0 Å². The fourth-order valence-electron chi connectivity index (χ4n) is 1.58. The number of nitrogen functional groups attached to an aromatic ring is 1. The number of anilines is 1. The van der Waals surface area contributed by atoms with E-state index >= 15 is 0 Å². The van der Waals surface area contributed by atoms with Crippen molar-refractivity contribution in [2.75, 3.05) is 12.8 Å². The molecule has 4 heteroatoms. The number of hydrogen-bond acceptors (Lipinski definition) is 4. The van der Waals surface area contributed by atoms with Crippen molar-refractivity contribution in [2.45, 2.75) is 13.1 Å². The van der Waals surface area contributed by atoms with Crippen LogP contribution >= 0.6 is 11.3 Å². The second-order valence-electron chi connectivity index (χ2n) is 3.89. The van der Waals surface area contributed by atoms with Gasteiger partial charge in [-0.2, -0.15) is 0 Å². The second-order valence-corrected chi connectivity index (χ2v) is 4.61. The highest BCUT2D eigenvalue weighted by Crippen LogP contribution is 2.10. The molecule has 0 fully saturated rings. The van der Waals surface area contributed by atoms with Crippen molar-refractivity contribution in [2.24, 2.45) is 0 Å². The first-order valence-electron chi connectivity index (χ1n) is 5.14. The Labute approximate surface area is 99.5 Å². The molecule has 3 nitrogen and oxygen atoms in total. The van der Waals surface area contributed by atoms with Crippen LogP contribution in [0.5, 0.6) is 0 Å². The van der Waals surface area contributed by atoms with E-state index in [1.165, 1.54) is 5.56 Å². The molecule has 0 saturated carbocycles. The molecule has 1 aromatic carbocycles. The minimum Gasteiger partial charge on any atom is -0.399 e. The van der Waals surface area contributed by atoms with E-state index in [4.69, 9.17) is 5.73 Å². The lowest BCUT2D eigenvalue weighted by atomic mass is 10.2. The zero-order valence-electron chi connectivity index (χ0n) is 9.26. The fourth-order valence-corrected chi connectivity index (χ4v) is 2.13. The molecule has 0 aliphatic rings. The smallest absolute Gasteiger partial charge is 0.0795 e. The summed E-state index contributed by atoms with van der Waals surface area (Å²) in [5.74, 6) is 0. The molecule has 2 aromatic rings. The van der Waals surface area contributed by atoms with Gasteiger partial charge in [0.1, 0.15) is 0 Å². The van der Waals surface area contributed by atoms with Gasteiger partial charge in [-0.3, -0.25) is 4.90 Å². The number of thiazole rings is 1. The van der Waals surface area contributed by atoms with E-state index in [1.54, 1.807) is 11.3 Å². The maximum Gasteiger partial charge on any atom is 0.0795 e. The zero-order valence-corrected chi connectivity index (χ0v) is 10.1. The summed E-state index contributed by atoms with van der Waals surface area (Å²) >= 11 is 1.64. The molecule has 0 unspecified atom stereocenters. The Morgan fingerprint density at radius 1 is 1.25 bits per heavy atom.